The molecule has 1 aromatic carbocycles. The second kappa shape index (κ2) is 6.47. The van der Waals surface area contributed by atoms with Crippen molar-refractivity contribution < 1.29 is 13.2 Å². The van der Waals surface area contributed by atoms with E-state index in [1.165, 1.54) is 0 Å². The van der Waals surface area contributed by atoms with E-state index in [0.717, 1.165) is 24.3 Å². The molecule has 1 heterocycles. The number of anilines is 2. The topological polar surface area (TPSA) is 66.5 Å². The van der Waals surface area contributed by atoms with Crippen LogP contribution in [-0.4, -0.2) is 38.4 Å². The number of benzene rings is 1. The van der Waals surface area contributed by atoms with E-state index in [2.05, 4.69) is 5.32 Å². The van der Waals surface area contributed by atoms with E-state index in [0.29, 0.717) is 6.42 Å². The molecule has 1 unspecified atom stereocenters. The average Bonchev–Trinajstić information content (AvgIpc) is 2.84. The van der Waals surface area contributed by atoms with Gasteiger partial charge in [0.05, 0.1) is 5.75 Å². The Morgan fingerprint density at radius 1 is 1.38 bits per heavy atom. The van der Waals surface area contributed by atoms with Crippen molar-refractivity contribution in [3.8, 4) is 0 Å². The van der Waals surface area contributed by atoms with E-state index >= 15 is 0 Å². The van der Waals surface area contributed by atoms with Crippen molar-refractivity contribution in [2.45, 2.75) is 32.7 Å². The fourth-order valence-corrected chi connectivity index (χ4v) is 3.59. The molecule has 1 aliphatic rings. The lowest BCUT2D eigenvalue weighted by Gasteiger charge is -2.19. The van der Waals surface area contributed by atoms with E-state index in [4.69, 9.17) is 0 Å². The number of hydrogen-bond acceptors (Lipinski definition) is 4. The first-order valence-corrected chi connectivity index (χ1v) is 9.11. The van der Waals surface area contributed by atoms with Gasteiger partial charge in [-0.2, -0.15) is 0 Å². The summed E-state index contributed by atoms with van der Waals surface area (Å²) in [6.07, 6.45) is 1.49. The second-order valence-corrected chi connectivity index (χ2v) is 7.84. The van der Waals surface area contributed by atoms with Crippen molar-refractivity contribution in [2.24, 2.45) is 0 Å². The second-order valence-electron chi connectivity index (χ2n) is 5.44. The molecule has 1 fully saturated rings. The Hall–Kier alpha value is -1.56. The zero-order valence-corrected chi connectivity index (χ0v) is 13.3. The largest absolute Gasteiger partial charge is 0.382 e. The summed E-state index contributed by atoms with van der Waals surface area (Å²) in [6.45, 7) is 4.25. The molecule has 5 nitrogen and oxygen atoms in total. The minimum Gasteiger partial charge on any atom is -0.382 e. The van der Waals surface area contributed by atoms with Gasteiger partial charge in [-0.15, -0.1) is 0 Å². The summed E-state index contributed by atoms with van der Waals surface area (Å²) >= 11 is 0. The quantitative estimate of drug-likeness (QED) is 0.873. The number of hydrogen-bond donors (Lipinski definition) is 1. The number of rotatable bonds is 6. The third-order valence-electron chi connectivity index (χ3n) is 3.59. The van der Waals surface area contributed by atoms with E-state index < -0.39 is 9.84 Å². The molecule has 1 amide bonds. The van der Waals surface area contributed by atoms with Crippen molar-refractivity contribution >= 4 is 27.1 Å². The lowest BCUT2D eigenvalue weighted by Crippen LogP contribution is -2.27. The highest BCUT2D eigenvalue weighted by Gasteiger charge is 2.22. The predicted octanol–water partition coefficient (Wildman–Crippen LogP) is 2.05. The third-order valence-corrected chi connectivity index (χ3v) is 5.48. The molecule has 1 aliphatic heterocycles. The molecule has 0 aliphatic carbocycles. The Labute approximate surface area is 126 Å². The van der Waals surface area contributed by atoms with Gasteiger partial charge in [0.2, 0.25) is 5.91 Å². The molecule has 1 aromatic rings. The fraction of sp³-hybridized carbons (Fsp3) is 0.533. The van der Waals surface area contributed by atoms with Gasteiger partial charge < -0.3 is 10.2 Å². The van der Waals surface area contributed by atoms with Crippen LogP contribution >= 0.6 is 0 Å². The number of carbonyl (C=O) groups excluding carboxylic acids is 1. The zero-order chi connectivity index (χ0) is 15.5. The molecule has 2 rings (SSSR count). The molecule has 0 bridgehead atoms. The monoisotopic (exact) mass is 310 g/mol. The van der Waals surface area contributed by atoms with Gasteiger partial charge in [0, 0.05) is 36.1 Å². The van der Waals surface area contributed by atoms with Crippen LogP contribution in [-0.2, 0) is 14.6 Å². The highest BCUT2D eigenvalue weighted by Crippen LogP contribution is 2.24. The molecule has 0 radical (unpaired) electrons. The van der Waals surface area contributed by atoms with Gasteiger partial charge in [-0.25, -0.2) is 8.42 Å². The van der Waals surface area contributed by atoms with Crippen LogP contribution in [0, 0.1) is 0 Å². The molecule has 6 heteroatoms. The molecule has 0 saturated carbocycles. The molecule has 0 aromatic heterocycles. The minimum absolute atomic E-state index is 0.108. The summed E-state index contributed by atoms with van der Waals surface area (Å²) in [5.41, 5.74) is 1.71. The van der Waals surface area contributed by atoms with Gasteiger partial charge in [0.25, 0.3) is 0 Å². The van der Waals surface area contributed by atoms with Crippen LogP contribution in [0.3, 0.4) is 0 Å². The highest BCUT2D eigenvalue weighted by atomic mass is 32.2. The van der Waals surface area contributed by atoms with Crippen LogP contribution < -0.4 is 10.2 Å². The lowest BCUT2D eigenvalue weighted by molar-refractivity contribution is -0.117. The Kier molecular flexibility index (Phi) is 4.88. The molecular weight excluding hydrogens is 288 g/mol. The standard InChI is InChI=1S/C15H22N2O3S/c1-3-21(19,20)11-12(2)16-13-6-4-7-14(10-13)17-9-5-8-15(17)18/h4,6-7,10,12,16H,3,5,8-9,11H2,1-2H3. The summed E-state index contributed by atoms with van der Waals surface area (Å²) < 4.78 is 23.3. The number of nitrogens with zero attached hydrogens (tertiary/aromatic N) is 1. The van der Waals surface area contributed by atoms with Crippen LogP contribution in [0.5, 0.6) is 0 Å². The van der Waals surface area contributed by atoms with Crippen LogP contribution in [0.4, 0.5) is 11.4 Å². The Balaban J connectivity index is 2.06. The maximum Gasteiger partial charge on any atom is 0.227 e. The van der Waals surface area contributed by atoms with Gasteiger partial charge in [-0.3, -0.25) is 4.79 Å². The van der Waals surface area contributed by atoms with Crippen LogP contribution in [0.25, 0.3) is 0 Å². The number of amides is 1. The zero-order valence-electron chi connectivity index (χ0n) is 12.5. The van der Waals surface area contributed by atoms with Gasteiger partial charge in [-0.1, -0.05) is 13.0 Å². The van der Waals surface area contributed by atoms with E-state index in [1.807, 2.05) is 31.2 Å². The first-order valence-electron chi connectivity index (χ1n) is 7.28. The predicted molar refractivity (Wildman–Crippen MR) is 85.4 cm³/mol. The summed E-state index contributed by atoms with van der Waals surface area (Å²) in [4.78, 5) is 13.5. The molecule has 21 heavy (non-hydrogen) atoms. The van der Waals surface area contributed by atoms with Crippen molar-refractivity contribution in [1.29, 1.82) is 0 Å². The Morgan fingerprint density at radius 2 is 2.14 bits per heavy atom. The van der Waals surface area contributed by atoms with E-state index in [1.54, 1.807) is 11.8 Å². The molecular formula is C15H22N2O3S. The van der Waals surface area contributed by atoms with Crippen LogP contribution in [0.15, 0.2) is 24.3 Å². The molecule has 1 saturated heterocycles. The summed E-state index contributed by atoms with van der Waals surface area (Å²) in [5, 5.41) is 3.19. The molecule has 0 spiro atoms. The number of nitrogens with one attached hydrogen (secondary N) is 1. The first kappa shape index (κ1) is 15.8. The number of sulfone groups is 1. The van der Waals surface area contributed by atoms with Crippen molar-refractivity contribution in [1.82, 2.24) is 0 Å². The maximum absolute atomic E-state index is 11.8. The van der Waals surface area contributed by atoms with Crippen molar-refractivity contribution in [2.75, 3.05) is 28.3 Å². The van der Waals surface area contributed by atoms with Gasteiger partial charge in [0.1, 0.15) is 0 Å². The molecule has 116 valence electrons. The van der Waals surface area contributed by atoms with Crippen molar-refractivity contribution in [3.05, 3.63) is 24.3 Å². The van der Waals surface area contributed by atoms with Crippen LogP contribution in [0.1, 0.15) is 26.7 Å². The third kappa shape index (κ3) is 4.20. The fourth-order valence-electron chi connectivity index (χ4n) is 2.51. The van der Waals surface area contributed by atoms with E-state index in [9.17, 15) is 13.2 Å². The molecule has 1 atom stereocenters. The lowest BCUT2D eigenvalue weighted by atomic mass is 10.2. The number of carbonyl (C=O) groups is 1. The Morgan fingerprint density at radius 3 is 2.76 bits per heavy atom. The van der Waals surface area contributed by atoms with Gasteiger partial charge in [-0.05, 0) is 31.5 Å². The van der Waals surface area contributed by atoms with Gasteiger partial charge in [0.15, 0.2) is 9.84 Å². The summed E-state index contributed by atoms with van der Waals surface area (Å²) in [7, 11) is -3.00. The smallest absolute Gasteiger partial charge is 0.227 e. The van der Waals surface area contributed by atoms with Crippen LogP contribution in [0.2, 0.25) is 0 Å². The normalized spacial score (nSPS) is 17.0. The Bertz CT molecular complexity index is 613. The van der Waals surface area contributed by atoms with Gasteiger partial charge >= 0.3 is 0 Å². The van der Waals surface area contributed by atoms with Crippen molar-refractivity contribution in [3.63, 3.8) is 0 Å². The summed E-state index contributed by atoms with van der Waals surface area (Å²) in [6, 6.07) is 7.41. The summed E-state index contributed by atoms with van der Waals surface area (Å²) in [5.74, 6) is 0.409. The maximum atomic E-state index is 11.8. The first-order chi connectivity index (χ1) is 9.91. The highest BCUT2D eigenvalue weighted by molar-refractivity contribution is 7.91. The SMILES string of the molecule is CCS(=O)(=O)CC(C)Nc1cccc(N2CCCC2=O)c1. The van der Waals surface area contributed by atoms with E-state index in [-0.39, 0.29) is 23.5 Å². The minimum atomic E-state index is -3.00. The molecule has 1 N–H and O–H groups in total. The average molecular weight is 310 g/mol.